The molecule has 47 heavy (non-hydrogen) atoms. The van der Waals surface area contributed by atoms with Crippen molar-refractivity contribution in [2.24, 2.45) is 11.8 Å². The number of rotatable bonds is 19. The Morgan fingerprint density at radius 1 is 0.723 bits per heavy atom. The number of likely N-dealkylation sites (tertiary alicyclic amines) is 2. The van der Waals surface area contributed by atoms with Gasteiger partial charge in [0.15, 0.2) is 0 Å². The number of carbonyl (C=O) groups is 3. The summed E-state index contributed by atoms with van der Waals surface area (Å²) in [6, 6.07) is 0. The van der Waals surface area contributed by atoms with Crippen molar-refractivity contribution in [1.82, 2.24) is 29.8 Å². The fourth-order valence-corrected chi connectivity index (χ4v) is 6.81. The molecule has 0 atom stereocenters. The predicted octanol–water partition coefficient (Wildman–Crippen LogP) is 4.33. The van der Waals surface area contributed by atoms with E-state index >= 15 is 0 Å². The van der Waals surface area contributed by atoms with Crippen molar-refractivity contribution in [2.45, 2.75) is 103 Å². The Bertz CT molecular complexity index is 837. The molecule has 10 nitrogen and oxygen atoms in total. The number of hydrogen-bond donors (Lipinski definition) is 1. The monoisotopic (exact) mass is 665 g/mol. The number of methoxy groups -OCH3 is 1. The van der Waals surface area contributed by atoms with Crippen molar-refractivity contribution in [2.75, 3.05) is 107 Å². The maximum atomic E-state index is 12.5. The maximum absolute atomic E-state index is 12.5. The molecule has 10 heteroatoms. The topological polar surface area (TPSA) is 88.7 Å². The Morgan fingerprint density at radius 3 is 1.87 bits per heavy atom. The lowest BCUT2D eigenvalue weighted by atomic mass is 9.93. The SMILES string of the molecule is CC(=O)N(C)CCCCCCCCC(=O)N1CCN(CC2CCN(C)CC2)CC1.COCCCCCNC(=O)CC1CCN(C)CC1. The zero-order valence-electron chi connectivity index (χ0n) is 31.1. The average Bonchev–Trinajstić information content (AvgIpc) is 3.06. The molecule has 0 aromatic heterocycles. The van der Waals surface area contributed by atoms with Gasteiger partial charge in [0, 0.05) is 86.3 Å². The maximum Gasteiger partial charge on any atom is 0.222 e. The van der Waals surface area contributed by atoms with Crippen LogP contribution in [0.25, 0.3) is 0 Å². The van der Waals surface area contributed by atoms with Crippen LogP contribution < -0.4 is 5.32 Å². The summed E-state index contributed by atoms with van der Waals surface area (Å²) in [5.41, 5.74) is 0. The number of piperazine rings is 1. The van der Waals surface area contributed by atoms with Crippen LogP contribution in [0.2, 0.25) is 0 Å². The number of amides is 3. The molecule has 0 aromatic carbocycles. The van der Waals surface area contributed by atoms with Gasteiger partial charge in [-0.1, -0.05) is 25.7 Å². The number of nitrogens with one attached hydrogen (secondary N) is 1. The minimum Gasteiger partial charge on any atom is -0.385 e. The van der Waals surface area contributed by atoms with E-state index in [-0.39, 0.29) is 11.8 Å². The van der Waals surface area contributed by atoms with Gasteiger partial charge in [0.25, 0.3) is 0 Å². The van der Waals surface area contributed by atoms with Crippen molar-refractivity contribution in [3.63, 3.8) is 0 Å². The van der Waals surface area contributed by atoms with Crippen LogP contribution in [0.1, 0.15) is 103 Å². The molecule has 0 saturated carbocycles. The molecule has 0 aromatic rings. The first kappa shape index (κ1) is 41.4. The van der Waals surface area contributed by atoms with E-state index in [1.165, 1.54) is 51.7 Å². The smallest absolute Gasteiger partial charge is 0.222 e. The first-order chi connectivity index (χ1) is 22.7. The van der Waals surface area contributed by atoms with Crippen LogP contribution >= 0.6 is 0 Å². The average molecular weight is 665 g/mol. The van der Waals surface area contributed by atoms with Gasteiger partial charge in [-0.3, -0.25) is 19.3 Å². The molecule has 3 aliphatic heterocycles. The van der Waals surface area contributed by atoms with Crippen molar-refractivity contribution >= 4 is 17.7 Å². The van der Waals surface area contributed by atoms with Crippen LogP contribution in [0.15, 0.2) is 0 Å². The van der Waals surface area contributed by atoms with Gasteiger partial charge in [0.05, 0.1) is 0 Å². The Morgan fingerprint density at radius 2 is 1.28 bits per heavy atom. The van der Waals surface area contributed by atoms with Gasteiger partial charge in [-0.2, -0.15) is 0 Å². The first-order valence-corrected chi connectivity index (χ1v) is 19.0. The van der Waals surface area contributed by atoms with E-state index < -0.39 is 0 Å². The molecule has 0 radical (unpaired) electrons. The van der Waals surface area contributed by atoms with Crippen molar-refractivity contribution in [3.05, 3.63) is 0 Å². The molecule has 3 rings (SSSR count). The molecule has 0 aliphatic carbocycles. The quantitative estimate of drug-likeness (QED) is 0.206. The van der Waals surface area contributed by atoms with Crippen molar-refractivity contribution in [3.8, 4) is 0 Å². The number of ether oxygens (including phenoxy) is 1. The second kappa shape index (κ2) is 25.3. The lowest BCUT2D eigenvalue weighted by Crippen LogP contribution is -2.50. The van der Waals surface area contributed by atoms with E-state index in [9.17, 15) is 14.4 Å². The zero-order chi connectivity index (χ0) is 34.3. The second-order valence-corrected chi connectivity index (χ2v) is 14.6. The number of piperidine rings is 2. The molecule has 3 saturated heterocycles. The van der Waals surface area contributed by atoms with Gasteiger partial charge in [-0.15, -0.1) is 0 Å². The minimum atomic E-state index is 0.145. The van der Waals surface area contributed by atoms with Crippen molar-refractivity contribution in [1.29, 1.82) is 0 Å². The number of unbranched alkanes of at least 4 members (excludes halogenated alkanes) is 7. The summed E-state index contributed by atoms with van der Waals surface area (Å²) in [5.74, 6) is 2.17. The molecular formula is C37H72N6O4. The Labute approximate surface area is 288 Å². The molecule has 0 spiro atoms. The third-order valence-electron chi connectivity index (χ3n) is 10.4. The molecular weight excluding hydrogens is 592 g/mol. The Kier molecular flexibility index (Phi) is 22.3. The standard InChI is InChI=1S/C23H44N4O2.C14H28N2O2/c1-21(28)25(3)13-9-7-5-4-6-8-10-23(29)27-18-16-26(17-19-27)20-22-11-14-24(2)15-12-22;1-16-9-6-13(7-10-16)12-14(17)15-8-4-3-5-11-18-2/h22H,4-20H2,1-3H3;13H,3-12H2,1-2H3,(H,15,17). The summed E-state index contributed by atoms with van der Waals surface area (Å²) >= 11 is 0. The highest BCUT2D eigenvalue weighted by molar-refractivity contribution is 5.76. The largest absolute Gasteiger partial charge is 0.385 e. The fraction of sp³-hybridized carbons (Fsp3) is 0.919. The summed E-state index contributed by atoms with van der Waals surface area (Å²) in [6.45, 7) is 14.0. The number of carbonyl (C=O) groups excluding carboxylic acids is 3. The van der Waals surface area contributed by atoms with Crippen LogP contribution in [0.4, 0.5) is 0 Å². The van der Waals surface area contributed by atoms with Gasteiger partial charge < -0.3 is 29.7 Å². The lowest BCUT2D eigenvalue weighted by molar-refractivity contribution is -0.133. The molecule has 3 heterocycles. The third-order valence-corrected chi connectivity index (χ3v) is 10.4. The zero-order valence-corrected chi connectivity index (χ0v) is 31.1. The van der Waals surface area contributed by atoms with Gasteiger partial charge in [-0.25, -0.2) is 0 Å². The normalized spacial score (nSPS) is 18.9. The highest BCUT2D eigenvalue weighted by atomic mass is 16.5. The minimum absolute atomic E-state index is 0.145. The van der Waals surface area contributed by atoms with E-state index in [2.05, 4.69) is 39.0 Å². The summed E-state index contributed by atoms with van der Waals surface area (Å²) in [4.78, 5) is 46.6. The van der Waals surface area contributed by atoms with Crippen LogP contribution in [0.3, 0.4) is 0 Å². The summed E-state index contributed by atoms with van der Waals surface area (Å²) in [5, 5.41) is 3.02. The van der Waals surface area contributed by atoms with E-state index in [1.54, 1.807) is 18.9 Å². The third kappa shape index (κ3) is 19.7. The van der Waals surface area contributed by atoms with Crippen LogP contribution in [-0.4, -0.2) is 149 Å². The molecule has 0 unspecified atom stereocenters. The van der Waals surface area contributed by atoms with Crippen LogP contribution in [0.5, 0.6) is 0 Å². The van der Waals surface area contributed by atoms with E-state index in [1.807, 2.05) is 7.05 Å². The fourth-order valence-electron chi connectivity index (χ4n) is 6.81. The lowest BCUT2D eigenvalue weighted by Gasteiger charge is -2.38. The summed E-state index contributed by atoms with van der Waals surface area (Å²) < 4.78 is 4.99. The number of hydrogen-bond acceptors (Lipinski definition) is 7. The van der Waals surface area contributed by atoms with Crippen LogP contribution in [0, 0.1) is 11.8 Å². The Hall–Kier alpha value is -1.75. The van der Waals surface area contributed by atoms with E-state index in [4.69, 9.17) is 4.74 Å². The molecule has 3 aliphatic rings. The number of nitrogens with zero attached hydrogens (tertiary/aromatic N) is 5. The molecule has 0 bridgehead atoms. The Balaban J connectivity index is 0.000000366. The first-order valence-electron chi connectivity index (χ1n) is 19.0. The van der Waals surface area contributed by atoms with Gasteiger partial charge in [0.1, 0.15) is 0 Å². The molecule has 3 amide bonds. The molecule has 3 fully saturated rings. The summed E-state index contributed by atoms with van der Waals surface area (Å²) in [6.07, 6.45) is 16.5. The highest BCUT2D eigenvalue weighted by Crippen LogP contribution is 2.20. The highest BCUT2D eigenvalue weighted by Gasteiger charge is 2.24. The predicted molar refractivity (Wildman–Crippen MR) is 192 cm³/mol. The van der Waals surface area contributed by atoms with E-state index in [0.29, 0.717) is 24.7 Å². The van der Waals surface area contributed by atoms with Crippen molar-refractivity contribution < 1.29 is 19.1 Å². The van der Waals surface area contributed by atoms with E-state index in [0.717, 1.165) is 116 Å². The molecule has 1 N–H and O–H groups in total. The molecule has 274 valence electrons. The second-order valence-electron chi connectivity index (χ2n) is 14.6. The van der Waals surface area contributed by atoms with Gasteiger partial charge >= 0.3 is 0 Å². The summed E-state index contributed by atoms with van der Waals surface area (Å²) in [7, 11) is 7.96. The van der Waals surface area contributed by atoms with Gasteiger partial charge in [-0.05, 0) is 110 Å². The van der Waals surface area contributed by atoms with Gasteiger partial charge in [0.2, 0.25) is 17.7 Å². The van der Waals surface area contributed by atoms with Crippen LogP contribution in [-0.2, 0) is 19.1 Å².